The zero-order valence-corrected chi connectivity index (χ0v) is 8.61. The number of hydrogen-bond donors (Lipinski definition) is 1. The van der Waals surface area contributed by atoms with E-state index >= 15 is 0 Å². The number of hydrogen-bond acceptors (Lipinski definition) is 1. The van der Waals surface area contributed by atoms with E-state index in [0.717, 1.165) is 0 Å². The first-order chi connectivity index (χ1) is 6.22. The lowest BCUT2D eigenvalue weighted by Gasteiger charge is -2.14. The molecular weight excluding hydrogens is 195 g/mol. The molecule has 0 aliphatic heterocycles. The summed E-state index contributed by atoms with van der Waals surface area (Å²) >= 11 is 0. The third-order valence-corrected chi connectivity index (χ3v) is 1.67. The highest BCUT2D eigenvalue weighted by Crippen LogP contribution is 2.24. The van der Waals surface area contributed by atoms with Crippen LogP contribution in [0.5, 0.6) is 0 Å². The van der Waals surface area contributed by atoms with Crippen LogP contribution in [0.25, 0.3) is 0 Å². The van der Waals surface area contributed by atoms with Gasteiger partial charge >= 0.3 is 6.18 Å². The Labute approximate surface area is 81.9 Å². The summed E-state index contributed by atoms with van der Waals surface area (Å²) in [5, 5.41) is 2.47. The van der Waals surface area contributed by atoms with Gasteiger partial charge in [-0.25, -0.2) is 0 Å². The second-order valence-electron chi connectivity index (χ2n) is 3.86. The van der Waals surface area contributed by atoms with Gasteiger partial charge in [0.15, 0.2) is 0 Å². The quantitative estimate of drug-likeness (QED) is 0.759. The van der Waals surface area contributed by atoms with Crippen LogP contribution >= 0.6 is 0 Å². The van der Waals surface area contributed by atoms with Crippen molar-refractivity contribution in [2.75, 3.05) is 6.54 Å². The third-order valence-electron chi connectivity index (χ3n) is 1.67. The minimum absolute atomic E-state index is 0.247. The van der Waals surface area contributed by atoms with Crippen molar-refractivity contribution < 1.29 is 18.0 Å². The van der Waals surface area contributed by atoms with E-state index in [1.54, 1.807) is 0 Å². The molecule has 14 heavy (non-hydrogen) atoms. The lowest BCUT2D eigenvalue weighted by molar-refractivity contribution is -0.152. The largest absolute Gasteiger partial charge is 0.389 e. The van der Waals surface area contributed by atoms with Crippen LogP contribution in [0.1, 0.15) is 27.2 Å². The van der Waals surface area contributed by atoms with Crippen molar-refractivity contribution in [2.24, 2.45) is 11.8 Å². The molecule has 1 N–H and O–H groups in total. The highest BCUT2D eigenvalue weighted by molar-refractivity contribution is 5.78. The second-order valence-corrected chi connectivity index (χ2v) is 3.86. The zero-order valence-electron chi connectivity index (χ0n) is 8.61. The standard InChI is InChI=1S/C9H16F3NO/c1-6(2)5-13-8(14)7(3)4-9(10,11)12/h6-7H,4-5H2,1-3H3,(H,13,14). The van der Waals surface area contributed by atoms with Gasteiger partial charge in [0.2, 0.25) is 5.91 Å². The van der Waals surface area contributed by atoms with E-state index in [1.165, 1.54) is 6.92 Å². The summed E-state index contributed by atoms with van der Waals surface area (Å²) in [6, 6.07) is 0. The van der Waals surface area contributed by atoms with E-state index in [0.29, 0.717) is 6.54 Å². The van der Waals surface area contributed by atoms with Crippen LogP contribution in [-0.2, 0) is 4.79 Å². The molecular formula is C9H16F3NO. The van der Waals surface area contributed by atoms with E-state index in [9.17, 15) is 18.0 Å². The van der Waals surface area contributed by atoms with E-state index in [-0.39, 0.29) is 5.92 Å². The molecule has 0 spiro atoms. The van der Waals surface area contributed by atoms with Crippen molar-refractivity contribution in [1.29, 1.82) is 0 Å². The van der Waals surface area contributed by atoms with Crippen molar-refractivity contribution in [3.8, 4) is 0 Å². The van der Waals surface area contributed by atoms with Gasteiger partial charge in [0.25, 0.3) is 0 Å². The summed E-state index contributed by atoms with van der Waals surface area (Å²) < 4.78 is 35.7. The molecule has 0 aliphatic carbocycles. The molecule has 84 valence electrons. The van der Waals surface area contributed by atoms with Gasteiger partial charge in [-0.2, -0.15) is 13.2 Å². The Morgan fingerprint density at radius 2 is 1.79 bits per heavy atom. The summed E-state index contributed by atoms with van der Waals surface area (Å²) in [4.78, 5) is 11.1. The van der Waals surface area contributed by atoms with Gasteiger partial charge in [0.1, 0.15) is 0 Å². The van der Waals surface area contributed by atoms with Crippen molar-refractivity contribution in [3.05, 3.63) is 0 Å². The molecule has 0 heterocycles. The van der Waals surface area contributed by atoms with E-state index in [2.05, 4.69) is 5.32 Å². The molecule has 0 saturated carbocycles. The van der Waals surface area contributed by atoms with E-state index in [1.807, 2.05) is 13.8 Å². The van der Waals surface area contributed by atoms with Gasteiger partial charge in [0, 0.05) is 12.5 Å². The first-order valence-corrected chi connectivity index (χ1v) is 4.57. The summed E-state index contributed by atoms with van der Waals surface area (Å²) in [6.07, 6.45) is -5.33. The Kier molecular flexibility index (Phi) is 4.94. The van der Waals surface area contributed by atoms with Crippen LogP contribution in [0, 0.1) is 11.8 Å². The molecule has 1 amide bonds. The lowest BCUT2D eigenvalue weighted by Crippen LogP contribution is -2.34. The number of amides is 1. The normalized spacial score (nSPS) is 14.2. The Balaban J connectivity index is 3.88. The number of carbonyl (C=O) groups is 1. The minimum Gasteiger partial charge on any atom is -0.356 e. The molecule has 0 bridgehead atoms. The maximum absolute atomic E-state index is 11.9. The SMILES string of the molecule is CC(C)CNC(=O)C(C)CC(F)(F)F. The number of alkyl halides is 3. The summed E-state index contributed by atoms with van der Waals surface area (Å²) in [6.45, 7) is 5.47. The summed E-state index contributed by atoms with van der Waals surface area (Å²) in [5.74, 6) is -1.29. The van der Waals surface area contributed by atoms with Gasteiger partial charge in [-0.3, -0.25) is 4.79 Å². The monoisotopic (exact) mass is 211 g/mol. The number of rotatable bonds is 4. The van der Waals surface area contributed by atoms with Crippen molar-refractivity contribution in [2.45, 2.75) is 33.4 Å². The Morgan fingerprint density at radius 3 is 2.14 bits per heavy atom. The molecule has 5 heteroatoms. The maximum Gasteiger partial charge on any atom is 0.389 e. The molecule has 0 aromatic carbocycles. The van der Waals surface area contributed by atoms with Crippen molar-refractivity contribution in [1.82, 2.24) is 5.32 Å². The van der Waals surface area contributed by atoms with Crippen LogP contribution in [0.15, 0.2) is 0 Å². The van der Waals surface area contributed by atoms with Crippen LogP contribution < -0.4 is 5.32 Å². The molecule has 1 atom stereocenters. The Bertz CT molecular complexity index is 189. The van der Waals surface area contributed by atoms with Crippen LogP contribution in [0.4, 0.5) is 13.2 Å². The van der Waals surface area contributed by atoms with Gasteiger partial charge in [0.05, 0.1) is 6.42 Å². The topological polar surface area (TPSA) is 29.1 Å². The Morgan fingerprint density at radius 1 is 1.29 bits per heavy atom. The van der Waals surface area contributed by atoms with Crippen molar-refractivity contribution >= 4 is 5.91 Å². The minimum atomic E-state index is -4.27. The number of carbonyl (C=O) groups excluding carboxylic acids is 1. The van der Waals surface area contributed by atoms with Gasteiger partial charge in [-0.15, -0.1) is 0 Å². The summed E-state index contributed by atoms with van der Waals surface area (Å²) in [7, 11) is 0. The number of nitrogens with one attached hydrogen (secondary N) is 1. The fraction of sp³-hybridized carbons (Fsp3) is 0.889. The zero-order chi connectivity index (χ0) is 11.4. The second kappa shape index (κ2) is 5.22. The van der Waals surface area contributed by atoms with Gasteiger partial charge < -0.3 is 5.32 Å². The van der Waals surface area contributed by atoms with E-state index in [4.69, 9.17) is 0 Å². The smallest absolute Gasteiger partial charge is 0.356 e. The first-order valence-electron chi connectivity index (χ1n) is 4.57. The Hall–Kier alpha value is -0.740. The van der Waals surface area contributed by atoms with Crippen LogP contribution in [-0.4, -0.2) is 18.6 Å². The predicted molar refractivity (Wildman–Crippen MR) is 47.7 cm³/mol. The molecule has 0 radical (unpaired) electrons. The highest BCUT2D eigenvalue weighted by atomic mass is 19.4. The highest BCUT2D eigenvalue weighted by Gasteiger charge is 2.32. The predicted octanol–water partition coefficient (Wildman–Crippen LogP) is 2.35. The molecule has 0 fully saturated rings. The maximum atomic E-state index is 11.9. The third kappa shape index (κ3) is 6.74. The molecule has 0 saturated heterocycles. The molecule has 1 unspecified atom stereocenters. The average Bonchev–Trinajstić information content (AvgIpc) is 1.96. The van der Waals surface area contributed by atoms with Gasteiger partial charge in [-0.05, 0) is 5.92 Å². The molecule has 0 rings (SSSR count). The van der Waals surface area contributed by atoms with E-state index < -0.39 is 24.4 Å². The lowest BCUT2D eigenvalue weighted by atomic mass is 10.1. The average molecular weight is 211 g/mol. The fourth-order valence-electron chi connectivity index (χ4n) is 0.919. The molecule has 0 aromatic rings. The summed E-state index contributed by atoms with van der Waals surface area (Å²) in [5.41, 5.74) is 0. The van der Waals surface area contributed by atoms with Crippen molar-refractivity contribution in [3.63, 3.8) is 0 Å². The molecule has 0 aromatic heterocycles. The number of halogens is 3. The molecule has 2 nitrogen and oxygen atoms in total. The first kappa shape index (κ1) is 13.3. The van der Waals surface area contributed by atoms with Crippen LogP contribution in [0.3, 0.4) is 0 Å². The molecule has 0 aliphatic rings. The van der Waals surface area contributed by atoms with Gasteiger partial charge in [-0.1, -0.05) is 20.8 Å². The fourth-order valence-corrected chi connectivity index (χ4v) is 0.919. The van der Waals surface area contributed by atoms with Crippen LogP contribution in [0.2, 0.25) is 0 Å².